The SMILES string of the molecule is CCOC(=O)c1ccc(NC(=O)C(NC(=O)C2CCCCC2)C(C)CC)cc1. The van der Waals surface area contributed by atoms with Crippen molar-refractivity contribution in [2.75, 3.05) is 11.9 Å². The quantitative estimate of drug-likeness (QED) is 0.661. The van der Waals surface area contributed by atoms with E-state index in [4.69, 9.17) is 4.74 Å². The molecule has 2 atom stereocenters. The number of hydrogen-bond donors (Lipinski definition) is 2. The molecule has 1 aromatic carbocycles. The van der Waals surface area contributed by atoms with Gasteiger partial charge in [-0.1, -0.05) is 39.5 Å². The first-order chi connectivity index (χ1) is 13.5. The summed E-state index contributed by atoms with van der Waals surface area (Å²) in [5.41, 5.74) is 1.02. The van der Waals surface area contributed by atoms with Gasteiger partial charge in [-0.05, 0) is 49.9 Å². The molecular formula is C22H32N2O4. The molecule has 0 radical (unpaired) electrons. The van der Waals surface area contributed by atoms with Crippen LogP contribution in [0.5, 0.6) is 0 Å². The molecule has 1 aliphatic carbocycles. The van der Waals surface area contributed by atoms with Crippen LogP contribution in [0.3, 0.4) is 0 Å². The van der Waals surface area contributed by atoms with Gasteiger partial charge in [0.1, 0.15) is 6.04 Å². The van der Waals surface area contributed by atoms with Gasteiger partial charge in [-0.25, -0.2) is 4.79 Å². The highest BCUT2D eigenvalue weighted by Crippen LogP contribution is 2.24. The first-order valence-electron chi connectivity index (χ1n) is 10.3. The summed E-state index contributed by atoms with van der Waals surface area (Å²) in [6, 6.07) is 5.99. The summed E-state index contributed by atoms with van der Waals surface area (Å²) in [6.07, 6.45) is 5.91. The number of amides is 2. The van der Waals surface area contributed by atoms with E-state index in [0.29, 0.717) is 17.9 Å². The fourth-order valence-corrected chi connectivity index (χ4v) is 3.46. The number of carbonyl (C=O) groups excluding carboxylic acids is 3. The van der Waals surface area contributed by atoms with Crippen LogP contribution in [0.4, 0.5) is 5.69 Å². The van der Waals surface area contributed by atoms with Crippen molar-refractivity contribution in [2.45, 2.75) is 65.3 Å². The molecule has 1 saturated carbocycles. The number of carbonyl (C=O) groups is 3. The van der Waals surface area contributed by atoms with Crippen molar-refractivity contribution >= 4 is 23.5 Å². The molecule has 6 heteroatoms. The average molecular weight is 389 g/mol. The fraction of sp³-hybridized carbons (Fsp3) is 0.591. The van der Waals surface area contributed by atoms with Crippen LogP contribution in [-0.4, -0.2) is 30.4 Å². The highest BCUT2D eigenvalue weighted by molar-refractivity contribution is 5.98. The van der Waals surface area contributed by atoms with Gasteiger partial charge in [0.25, 0.3) is 0 Å². The van der Waals surface area contributed by atoms with E-state index in [9.17, 15) is 14.4 Å². The van der Waals surface area contributed by atoms with Gasteiger partial charge in [-0.2, -0.15) is 0 Å². The lowest BCUT2D eigenvalue weighted by Crippen LogP contribution is -2.49. The molecule has 2 rings (SSSR count). The third-order valence-electron chi connectivity index (χ3n) is 5.43. The van der Waals surface area contributed by atoms with E-state index in [1.165, 1.54) is 6.42 Å². The van der Waals surface area contributed by atoms with Crippen molar-refractivity contribution in [3.63, 3.8) is 0 Å². The molecule has 2 unspecified atom stereocenters. The third kappa shape index (κ3) is 6.08. The van der Waals surface area contributed by atoms with Crippen molar-refractivity contribution in [3.8, 4) is 0 Å². The smallest absolute Gasteiger partial charge is 0.338 e. The lowest BCUT2D eigenvalue weighted by molar-refractivity contribution is -0.130. The second-order valence-corrected chi connectivity index (χ2v) is 7.49. The Labute approximate surface area is 167 Å². The van der Waals surface area contributed by atoms with E-state index in [0.717, 1.165) is 32.1 Å². The monoisotopic (exact) mass is 388 g/mol. The Morgan fingerprint density at radius 2 is 1.71 bits per heavy atom. The molecule has 0 bridgehead atoms. The molecule has 0 aromatic heterocycles. The minimum absolute atomic E-state index is 0.0111. The average Bonchev–Trinajstić information content (AvgIpc) is 2.72. The molecule has 2 amide bonds. The molecule has 0 saturated heterocycles. The fourth-order valence-electron chi connectivity index (χ4n) is 3.46. The standard InChI is InChI=1S/C22H32N2O4/c1-4-15(3)19(24-20(25)16-9-7-6-8-10-16)21(26)23-18-13-11-17(12-14-18)22(27)28-5-2/h11-16,19H,4-10H2,1-3H3,(H,23,26)(H,24,25). The predicted octanol–water partition coefficient (Wildman–Crippen LogP) is 3.91. The minimum Gasteiger partial charge on any atom is -0.462 e. The van der Waals surface area contributed by atoms with Crippen LogP contribution in [0.2, 0.25) is 0 Å². The topological polar surface area (TPSA) is 84.5 Å². The molecule has 154 valence electrons. The summed E-state index contributed by atoms with van der Waals surface area (Å²) in [4.78, 5) is 37.2. The molecule has 28 heavy (non-hydrogen) atoms. The van der Waals surface area contributed by atoms with Gasteiger partial charge in [-0.3, -0.25) is 9.59 Å². The highest BCUT2D eigenvalue weighted by atomic mass is 16.5. The largest absolute Gasteiger partial charge is 0.462 e. The van der Waals surface area contributed by atoms with Gasteiger partial charge >= 0.3 is 5.97 Å². The molecule has 0 heterocycles. The molecule has 1 fully saturated rings. The Balaban J connectivity index is 2.02. The minimum atomic E-state index is -0.579. The van der Waals surface area contributed by atoms with E-state index in [1.807, 2.05) is 13.8 Å². The molecule has 2 N–H and O–H groups in total. The zero-order chi connectivity index (χ0) is 20.5. The molecular weight excluding hydrogens is 356 g/mol. The van der Waals surface area contributed by atoms with Crippen LogP contribution in [0.1, 0.15) is 69.7 Å². The maximum absolute atomic E-state index is 12.8. The van der Waals surface area contributed by atoms with Crippen LogP contribution in [0.25, 0.3) is 0 Å². The van der Waals surface area contributed by atoms with Gasteiger partial charge in [0, 0.05) is 11.6 Å². The Hall–Kier alpha value is -2.37. The lowest BCUT2D eigenvalue weighted by Gasteiger charge is -2.27. The highest BCUT2D eigenvalue weighted by Gasteiger charge is 2.29. The predicted molar refractivity (Wildman–Crippen MR) is 109 cm³/mol. The number of hydrogen-bond acceptors (Lipinski definition) is 4. The van der Waals surface area contributed by atoms with E-state index in [-0.39, 0.29) is 23.7 Å². The second-order valence-electron chi connectivity index (χ2n) is 7.49. The van der Waals surface area contributed by atoms with E-state index in [1.54, 1.807) is 31.2 Å². The van der Waals surface area contributed by atoms with Crippen LogP contribution in [0.15, 0.2) is 24.3 Å². The van der Waals surface area contributed by atoms with E-state index < -0.39 is 12.0 Å². The van der Waals surface area contributed by atoms with Gasteiger partial charge in [0.05, 0.1) is 12.2 Å². The lowest BCUT2D eigenvalue weighted by atomic mass is 9.88. The second kappa shape index (κ2) is 10.8. The van der Waals surface area contributed by atoms with Crippen LogP contribution >= 0.6 is 0 Å². The number of rotatable bonds is 8. The molecule has 1 aromatic rings. The Morgan fingerprint density at radius 3 is 2.29 bits per heavy atom. The number of nitrogens with one attached hydrogen (secondary N) is 2. The molecule has 1 aliphatic rings. The summed E-state index contributed by atoms with van der Waals surface area (Å²) in [5.74, 6) is -0.610. The maximum atomic E-state index is 12.8. The Bertz CT molecular complexity index is 666. The summed E-state index contributed by atoms with van der Waals surface area (Å²) in [6.45, 7) is 6.04. The summed E-state index contributed by atoms with van der Waals surface area (Å²) in [7, 11) is 0. The van der Waals surface area contributed by atoms with E-state index in [2.05, 4.69) is 10.6 Å². The number of benzene rings is 1. The number of ether oxygens (including phenoxy) is 1. The number of esters is 1. The first kappa shape index (κ1) is 21.9. The van der Waals surface area contributed by atoms with Gasteiger partial charge < -0.3 is 15.4 Å². The number of anilines is 1. The van der Waals surface area contributed by atoms with Crippen LogP contribution < -0.4 is 10.6 Å². The maximum Gasteiger partial charge on any atom is 0.338 e. The molecule has 6 nitrogen and oxygen atoms in total. The van der Waals surface area contributed by atoms with Crippen molar-refractivity contribution in [1.29, 1.82) is 0 Å². The third-order valence-corrected chi connectivity index (χ3v) is 5.43. The summed E-state index contributed by atoms with van der Waals surface area (Å²) in [5, 5.41) is 5.84. The zero-order valence-electron chi connectivity index (χ0n) is 17.1. The summed E-state index contributed by atoms with van der Waals surface area (Å²) >= 11 is 0. The Morgan fingerprint density at radius 1 is 1.07 bits per heavy atom. The van der Waals surface area contributed by atoms with Crippen LogP contribution in [-0.2, 0) is 14.3 Å². The van der Waals surface area contributed by atoms with Crippen molar-refractivity contribution in [3.05, 3.63) is 29.8 Å². The molecule has 0 spiro atoms. The first-order valence-corrected chi connectivity index (χ1v) is 10.3. The van der Waals surface area contributed by atoms with Gasteiger partial charge in [-0.15, -0.1) is 0 Å². The van der Waals surface area contributed by atoms with Crippen molar-refractivity contribution in [1.82, 2.24) is 5.32 Å². The van der Waals surface area contributed by atoms with Crippen LogP contribution in [0, 0.1) is 11.8 Å². The van der Waals surface area contributed by atoms with Crippen molar-refractivity contribution in [2.24, 2.45) is 11.8 Å². The summed E-state index contributed by atoms with van der Waals surface area (Å²) < 4.78 is 4.96. The molecule has 0 aliphatic heterocycles. The normalized spacial score (nSPS) is 16.7. The van der Waals surface area contributed by atoms with Gasteiger partial charge in [0.2, 0.25) is 11.8 Å². The van der Waals surface area contributed by atoms with E-state index >= 15 is 0 Å². The zero-order valence-corrected chi connectivity index (χ0v) is 17.1. The van der Waals surface area contributed by atoms with Crippen molar-refractivity contribution < 1.29 is 19.1 Å². The Kier molecular flexibility index (Phi) is 8.48. The van der Waals surface area contributed by atoms with Gasteiger partial charge in [0.15, 0.2) is 0 Å².